The Kier molecular flexibility index (Phi) is 7.63. The van der Waals surface area contributed by atoms with E-state index in [0.717, 1.165) is 6.42 Å². The Bertz CT molecular complexity index is 262. The number of nitrogens with one attached hydrogen (secondary N) is 2. The molecule has 0 bridgehead atoms. The third-order valence-corrected chi connectivity index (χ3v) is 3.06. The van der Waals surface area contributed by atoms with Crippen molar-refractivity contribution in [3.63, 3.8) is 0 Å². The van der Waals surface area contributed by atoms with Crippen LogP contribution in [0.3, 0.4) is 0 Å². The summed E-state index contributed by atoms with van der Waals surface area (Å²) in [5.74, 6) is 0.693. The molecule has 2 unspecified atom stereocenters. The van der Waals surface area contributed by atoms with Crippen molar-refractivity contribution in [2.75, 3.05) is 18.6 Å². The maximum Gasteiger partial charge on any atom is 0.221 e. The average molecular weight is 262 g/mol. The monoisotopic (exact) mass is 262 g/mol. The fourth-order valence-corrected chi connectivity index (χ4v) is 2.00. The molecule has 4 nitrogen and oxygen atoms in total. The van der Waals surface area contributed by atoms with Gasteiger partial charge in [-0.05, 0) is 34.1 Å². The highest BCUT2D eigenvalue weighted by molar-refractivity contribution is 7.84. The van der Waals surface area contributed by atoms with Gasteiger partial charge < -0.3 is 10.6 Å². The SMILES string of the molecule is CC(CCS(C)=O)NC(=O)CCNC(C)(C)C. The molecule has 0 saturated carbocycles. The minimum atomic E-state index is -0.782. The molecule has 5 heteroatoms. The second kappa shape index (κ2) is 7.82. The van der Waals surface area contributed by atoms with Crippen molar-refractivity contribution in [2.45, 2.75) is 52.1 Å². The zero-order valence-electron chi connectivity index (χ0n) is 11.6. The van der Waals surface area contributed by atoms with Crippen LogP contribution in [0, 0.1) is 0 Å². The molecular formula is C12H26N2O2S. The lowest BCUT2D eigenvalue weighted by atomic mass is 10.1. The molecule has 0 aromatic rings. The molecule has 0 heterocycles. The van der Waals surface area contributed by atoms with Crippen molar-refractivity contribution < 1.29 is 9.00 Å². The van der Waals surface area contributed by atoms with Crippen LogP contribution < -0.4 is 10.6 Å². The van der Waals surface area contributed by atoms with Crippen LogP contribution >= 0.6 is 0 Å². The van der Waals surface area contributed by atoms with E-state index in [1.54, 1.807) is 6.26 Å². The van der Waals surface area contributed by atoms with E-state index >= 15 is 0 Å². The van der Waals surface area contributed by atoms with Gasteiger partial charge in [0, 0.05) is 47.4 Å². The molecule has 17 heavy (non-hydrogen) atoms. The summed E-state index contributed by atoms with van der Waals surface area (Å²) in [4.78, 5) is 11.6. The van der Waals surface area contributed by atoms with E-state index < -0.39 is 10.8 Å². The topological polar surface area (TPSA) is 58.2 Å². The van der Waals surface area contributed by atoms with Gasteiger partial charge in [0.05, 0.1) is 0 Å². The van der Waals surface area contributed by atoms with Crippen LogP contribution in [-0.2, 0) is 15.6 Å². The Morgan fingerprint density at radius 3 is 2.41 bits per heavy atom. The van der Waals surface area contributed by atoms with Crippen molar-refractivity contribution in [1.29, 1.82) is 0 Å². The van der Waals surface area contributed by atoms with Gasteiger partial charge in [-0.15, -0.1) is 0 Å². The average Bonchev–Trinajstić information content (AvgIpc) is 2.12. The van der Waals surface area contributed by atoms with Gasteiger partial charge in [0.1, 0.15) is 0 Å². The molecule has 102 valence electrons. The second-order valence-corrected chi connectivity index (χ2v) is 7.02. The Morgan fingerprint density at radius 1 is 1.35 bits per heavy atom. The lowest BCUT2D eigenvalue weighted by Gasteiger charge is -2.20. The first-order chi connectivity index (χ1) is 7.70. The smallest absolute Gasteiger partial charge is 0.221 e. The summed E-state index contributed by atoms with van der Waals surface area (Å²) in [6.07, 6.45) is 2.93. The third-order valence-electron chi connectivity index (χ3n) is 2.25. The predicted octanol–water partition coefficient (Wildman–Crippen LogP) is 1.04. The fourth-order valence-electron chi connectivity index (χ4n) is 1.31. The van der Waals surface area contributed by atoms with Crippen molar-refractivity contribution in [2.24, 2.45) is 0 Å². The van der Waals surface area contributed by atoms with Crippen LogP contribution in [0.25, 0.3) is 0 Å². The minimum absolute atomic E-state index is 0.0466. The summed E-state index contributed by atoms with van der Waals surface area (Å²) in [6.45, 7) is 8.85. The van der Waals surface area contributed by atoms with E-state index in [2.05, 4.69) is 31.4 Å². The first-order valence-electron chi connectivity index (χ1n) is 6.05. The fraction of sp³-hybridized carbons (Fsp3) is 0.917. The van der Waals surface area contributed by atoms with Gasteiger partial charge in [0.2, 0.25) is 5.91 Å². The molecule has 0 aromatic heterocycles. The van der Waals surface area contributed by atoms with E-state index in [4.69, 9.17) is 0 Å². The predicted molar refractivity (Wildman–Crippen MR) is 73.5 cm³/mol. The Labute approximate surface area is 107 Å². The Morgan fingerprint density at radius 2 is 1.94 bits per heavy atom. The normalized spacial score (nSPS) is 15.4. The second-order valence-electron chi connectivity index (χ2n) is 5.46. The van der Waals surface area contributed by atoms with Gasteiger partial charge in [-0.2, -0.15) is 0 Å². The van der Waals surface area contributed by atoms with Gasteiger partial charge in [-0.25, -0.2) is 0 Å². The zero-order chi connectivity index (χ0) is 13.5. The Hall–Kier alpha value is -0.420. The van der Waals surface area contributed by atoms with Crippen LogP contribution in [0.4, 0.5) is 0 Å². The Balaban J connectivity index is 3.68. The summed E-state index contributed by atoms with van der Waals surface area (Å²) in [5, 5.41) is 6.17. The molecule has 2 atom stereocenters. The van der Waals surface area contributed by atoms with E-state index in [1.807, 2.05) is 6.92 Å². The number of hydrogen-bond acceptors (Lipinski definition) is 3. The van der Waals surface area contributed by atoms with Gasteiger partial charge >= 0.3 is 0 Å². The highest BCUT2D eigenvalue weighted by atomic mass is 32.2. The summed E-state index contributed by atoms with van der Waals surface area (Å²) < 4.78 is 10.9. The highest BCUT2D eigenvalue weighted by Crippen LogP contribution is 1.98. The zero-order valence-corrected chi connectivity index (χ0v) is 12.4. The van der Waals surface area contributed by atoms with Crippen LogP contribution in [0.15, 0.2) is 0 Å². The first-order valence-corrected chi connectivity index (χ1v) is 7.78. The van der Waals surface area contributed by atoms with E-state index in [0.29, 0.717) is 18.7 Å². The van der Waals surface area contributed by atoms with Crippen LogP contribution in [0.1, 0.15) is 40.5 Å². The molecule has 0 rings (SSSR count). The van der Waals surface area contributed by atoms with Crippen molar-refractivity contribution in [1.82, 2.24) is 10.6 Å². The van der Waals surface area contributed by atoms with Gasteiger partial charge in [0.15, 0.2) is 0 Å². The maximum absolute atomic E-state index is 11.6. The molecule has 2 N–H and O–H groups in total. The molecule has 0 aliphatic rings. The number of amides is 1. The molecule has 0 saturated heterocycles. The van der Waals surface area contributed by atoms with Crippen molar-refractivity contribution in [3.8, 4) is 0 Å². The molecule has 0 aliphatic carbocycles. The quantitative estimate of drug-likeness (QED) is 0.721. The maximum atomic E-state index is 11.6. The molecule has 0 spiro atoms. The molecule has 0 aliphatic heterocycles. The van der Waals surface area contributed by atoms with E-state index in [1.165, 1.54) is 0 Å². The van der Waals surface area contributed by atoms with E-state index in [9.17, 15) is 9.00 Å². The summed E-state index contributed by atoms with van der Waals surface area (Å²) in [6, 6.07) is 0.0982. The number of carbonyl (C=O) groups is 1. The van der Waals surface area contributed by atoms with Crippen LogP contribution in [0.5, 0.6) is 0 Å². The van der Waals surface area contributed by atoms with Gasteiger partial charge in [0.25, 0.3) is 0 Å². The molecule has 0 radical (unpaired) electrons. The van der Waals surface area contributed by atoms with Crippen molar-refractivity contribution >= 4 is 16.7 Å². The number of carbonyl (C=O) groups excluding carboxylic acids is 1. The standard InChI is InChI=1S/C12H26N2O2S/c1-10(7-9-17(5)16)14-11(15)6-8-13-12(2,3)4/h10,13H,6-9H2,1-5H3,(H,14,15). The summed E-state index contributed by atoms with van der Waals surface area (Å²) in [7, 11) is -0.782. The first kappa shape index (κ1) is 16.6. The van der Waals surface area contributed by atoms with Gasteiger partial charge in [-0.1, -0.05) is 0 Å². The lowest BCUT2D eigenvalue weighted by Crippen LogP contribution is -2.40. The van der Waals surface area contributed by atoms with Crippen LogP contribution in [0.2, 0.25) is 0 Å². The number of rotatable bonds is 7. The molecule has 0 fully saturated rings. The largest absolute Gasteiger partial charge is 0.354 e. The molecular weight excluding hydrogens is 236 g/mol. The summed E-state index contributed by atoms with van der Waals surface area (Å²) in [5.41, 5.74) is 0.0466. The molecule has 1 amide bonds. The lowest BCUT2D eigenvalue weighted by molar-refractivity contribution is -0.121. The minimum Gasteiger partial charge on any atom is -0.354 e. The summed E-state index contributed by atoms with van der Waals surface area (Å²) >= 11 is 0. The molecule has 0 aromatic carbocycles. The highest BCUT2D eigenvalue weighted by Gasteiger charge is 2.11. The number of hydrogen-bond donors (Lipinski definition) is 2. The van der Waals surface area contributed by atoms with Crippen molar-refractivity contribution in [3.05, 3.63) is 0 Å². The van der Waals surface area contributed by atoms with Crippen LogP contribution in [-0.4, -0.2) is 40.3 Å². The van der Waals surface area contributed by atoms with Gasteiger partial charge in [-0.3, -0.25) is 9.00 Å². The van der Waals surface area contributed by atoms with E-state index in [-0.39, 0.29) is 17.5 Å². The third kappa shape index (κ3) is 11.8.